The zero-order chi connectivity index (χ0) is 16.7. The maximum absolute atomic E-state index is 12.7. The van der Waals surface area contributed by atoms with Crippen molar-refractivity contribution in [3.63, 3.8) is 0 Å². The van der Waals surface area contributed by atoms with E-state index in [1.165, 1.54) is 10.4 Å². The topological polar surface area (TPSA) is 55.6 Å². The van der Waals surface area contributed by atoms with Crippen LogP contribution < -0.4 is 5.73 Å². The Bertz CT molecular complexity index is 577. The molecule has 4 nitrogen and oxygen atoms in total. The van der Waals surface area contributed by atoms with Crippen molar-refractivity contribution in [2.24, 2.45) is 5.73 Å². The van der Waals surface area contributed by atoms with E-state index in [0.717, 1.165) is 39.0 Å². The van der Waals surface area contributed by atoms with Gasteiger partial charge in [0.1, 0.15) is 0 Å². The number of thioether (sulfide) groups is 1. The van der Waals surface area contributed by atoms with Crippen LogP contribution in [0.2, 0.25) is 0 Å². The number of nitrogens with two attached hydrogens (primary N) is 1. The number of fused-ring (bicyclic) bond motifs is 2. The number of rotatable bonds is 3. The fourth-order valence-corrected chi connectivity index (χ4v) is 4.79. The quantitative estimate of drug-likeness (QED) is 0.906. The molecule has 0 bridgehead atoms. The number of amides is 1. The Morgan fingerprint density at radius 1 is 1.48 bits per heavy atom. The lowest BCUT2D eigenvalue weighted by molar-refractivity contribution is -0.142. The molecule has 1 fully saturated rings. The number of hydrogen-bond donors (Lipinski definition) is 1. The molecule has 1 amide bonds. The maximum atomic E-state index is 12.7. The van der Waals surface area contributed by atoms with E-state index in [0.29, 0.717) is 0 Å². The number of ether oxygens (including phenoxy) is 1. The molecule has 0 radical (unpaired) electrons. The molecule has 0 saturated carbocycles. The number of thiophene rings is 1. The molecule has 1 atom stereocenters. The van der Waals surface area contributed by atoms with Crippen LogP contribution >= 0.6 is 23.1 Å². The molecule has 2 N–H and O–H groups in total. The van der Waals surface area contributed by atoms with Crippen LogP contribution in [0, 0.1) is 0 Å². The number of carbonyl (C=O) groups is 1. The van der Waals surface area contributed by atoms with Crippen molar-refractivity contribution in [3.05, 3.63) is 21.9 Å². The van der Waals surface area contributed by atoms with Crippen LogP contribution in [0.5, 0.6) is 0 Å². The molecule has 1 saturated heterocycles. The molecule has 3 heterocycles. The van der Waals surface area contributed by atoms with Gasteiger partial charge in [-0.25, -0.2) is 0 Å². The van der Waals surface area contributed by atoms with Crippen LogP contribution in [-0.2, 0) is 21.6 Å². The molecule has 6 heteroatoms. The molecule has 3 rings (SSSR count). The van der Waals surface area contributed by atoms with Crippen molar-refractivity contribution < 1.29 is 9.53 Å². The number of carbonyl (C=O) groups excluding carboxylic acids is 1. The van der Waals surface area contributed by atoms with E-state index < -0.39 is 6.04 Å². The fraction of sp³-hybridized carbons (Fsp3) is 0.706. The van der Waals surface area contributed by atoms with E-state index in [9.17, 15) is 4.79 Å². The van der Waals surface area contributed by atoms with Crippen molar-refractivity contribution in [2.45, 2.75) is 49.5 Å². The van der Waals surface area contributed by atoms with E-state index in [2.05, 4.69) is 11.4 Å². The molecular weight excluding hydrogens is 328 g/mol. The van der Waals surface area contributed by atoms with Gasteiger partial charge in [0.15, 0.2) is 0 Å². The van der Waals surface area contributed by atoms with Crippen LogP contribution in [0.3, 0.4) is 0 Å². The molecule has 0 aromatic carbocycles. The Morgan fingerprint density at radius 2 is 2.17 bits per heavy atom. The molecule has 0 unspecified atom stereocenters. The maximum Gasteiger partial charge on any atom is 0.240 e. The summed E-state index contributed by atoms with van der Waals surface area (Å²) in [6, 6.07) is 1.75. The van der Waals surface area contributed by atoms with E-state index >= 15 is 0 Å². The second-order valence-electron chi connectivity index (χ2n) is 6.96. The second kappa shape index (κ2) is 6.39. The van der Waals surface area contributed by atoms with E-state index in [1.54, 1.807) is 11.8 Å². The summed E-state index contributed by atoms with van der Waals surface area (Å²) in [6.07, 6.45) is 4.76. The molecule has 23 heavy (non-hydrogen) atoms. The first-order valence-corrected chi connectivity index (χ1v) is 10.3. The number of likely N-dealkylation sites (tertiary alicyclic amines) is 1. The van der Waals surface area contributed by atoms with Crippen molar-refractivity contribution in [3.8, 4) is 0 Å². The molecular formula is C17H26N2O2S2. The molecule has 2 aliphatic rings. The Kier molecular flexibility index (Phi) is 4.80. The molecule has 1 aromatic rings. The van der Waals surface area contributed by atoms with Crippen molar-refractivity contribution in [2.75, 3.05) is 26.0 Å². The van der Waals surface area contributed by atoms with Crippen molar-refractivity contribution >= 4 is 29.0 Å². The summed E-state index contributed by atoms with van der Waals surface area (Å²) in [6.45, 7) is 6.32. The van der Waals surface area contributed by atoms with Crippen LogP contribution in [0.25, 0.3) is 0 Å². The lowest BCUT2D eigenvalue weighted by Gasteiger charge is -2.45. The van der Waals surface area contributed by atoms with Gasteiger partial charge in [-0.2, -0.15) is 11.8 Å². The van der Waals surface area contributed by atoms with Gasteiger partial charge in [0.25, 0.3) is 0 Å². The van der Waals surface area contributed by atoms with Crippen LogP contribution in [0.1, 0.15) is 37.1 Å². The third-order valence-corrected chi connectivity index (χ3v) is 7.65. The second-order valence-corrected chi connectivity index (χ2v) is 9.42. The standard InChI is InChI=1S/C17H26N2O2S2/c1-16(2,22-3)14(18)15(20)19-8-6-17(7-9-19)12-5-11-23-13(12)4-10-21-17/h5,11,14H,4,6-10,18H2,1-3H3/t14-/m1/s1. The highest BCUT2D eigenvalue weighted by molar-refractivity contribution is 8.00. The largest absolute Gasteiger partial charge is 0.370 e. The van der Waals surface area contributed by atoms with Crippen LogP contribution in [-0.4, -0.2) is 47.5 Å². The summed E-state index contributed by atoms with van der Waals surface area (Å²) >= 11 is 3.47. The lowest BCUT2D eigenvalue weighted by atomic mass is 9.82. The van der Waals surface area contributed by atoms with Gasteiger partial charge in [-0.3, -0.25) is 4.79 Å². The van der Waals surface area contributed by atoms with E-state index in [-0.39, 0.29) is 16.3 Å². The monoisotopic (exact) mass is 354 g/mol. The van der Waals surface area contributed by atoms with Crippen molar-refractivity contribution in [1.82, 2.24) is 4.90 Å². The minimum Gasteiger partial charge on any atom is -0.370 e. The first-order chi connectivity index (χ1) is 10.9. The fourth-order valence-electron chi connectivity index (χ4n) is 3.48. The minimum absolute atomic E-state index is 0.0700. The van der Waals surface area contributed by atoms with Gasteiger partial charge >= 0.3 is 0 Å². The van der Waals surface area contributed by atoms with E-state index in [1.807, 2.05) is 36.3 Å². The van der Waals surface area contributed by atoms with Gasteiger partial charge in [-0.05, 0) is 50.0 Å². The van der Waals surface area contributed by atoms with Gasteiger partial charge in [0, 0.05) is 29.1 Å². The van der Waals surface area contributed by atoms with Crippen LogP contribution in [0.4, 0.5) is 0 Å². The average Bonchev–Trinajstić information content (AvgIpc) is 3.04. The average molecular weight is 355 g/mol. The predicted molar refractivity (Wildman–Crippen MR) is 97.0 cm³/mol. The highest BCUT2D eigenvalue weighted by Crippen LogP contribution is 2.43. The smallest absolute Gasteiger partial charge is 0.240 e. The zero-order valence-corrected chi connectivity index (χ0v) is 15.8. The predicted octanol–water partition coefficient (Wildman–Crippen LogP) is 2.61. The Hall–Kier alpha value is -0.560. The number of hydrogen-bond acceptors (Lipinski definition) is 5. The normalized spacial score (nSPS) is 22.0. The zero-order valence-electron chi connectivity index (χ0n) is 14.1. The highest BCUT2D eigenvalue weighted by Gasteiger charge is 2.43. The summed E-state index contributed by atoms with van der Waals surface area (Å²) < 4.78 is 5.96. The summed E-state index contributed by atoms with van der Waals surface area (Å²) in [5.41, 5.74) is 7.40. The first kappa shape index (κ1) is 17.3. The summed E-state index contributed by atoms with van der Waals surface area (Å²) in [7, 11) is 0. The Morgan fingerprint density at radius 3 is 2.83 bits per heavy atom. The lowest BCUT2D eigenvalue weighted by Crippen LogP contribution is -2.56. The third-order valence-electron chi connectivity index (χ3n) is 5.37. The summed E-state index contributed by atoms with van der Waals surface area (Å²) in [5.74, 6) is 0.0700. The van der Waals surface area contributed by atoms with Gasteiger partial charge in [0.2, 0.25) is 5.91 Å². The van der Waals surface area contributed by atoms with Crippen LogP contribution in [0.15, 0.2) is 11.4 Å². The molecule has 1 spiro atoms. The molecule has 1 aromatic heterocycles. The van der Waals surface area contributed by atoms with E-state index in [4.69, 9.17) is 10.5 Å². The first-order valence-electron chi connectivity index (χ1n) is 8.20. The molecule has 2 aliphatic heterocycles. The van der Waals surface area contributed by atoms with Gasteiger partial charge in [0.05, 0.1) is 18.2 Å². The Balaban J connectivity index is 1.69. The number of piperidine rings is 1. The SMILES string of the molecule is CSC(C)(C)[C@H](N)C(=O)N1CCC2(CC1)OCCc1sccc12. The minimum atomic E-state index is -0.462. The van der Waals surface area contributed by atoms with Gasteiger partial charge in [-0.15, -0.1) is 11.3 Å². The molecule has 0 aliphatic carbocycles. The summed E-state index contributed by atoms with van der Waals surface area (Å²) in [5, 5.41) is 2.16. The Labute approximate surface area is 146 Å². The van der Waals surface area contributed by atoms with Gasteiger partial charge < -0.3 is 15.4 Å². The van der Waals surface area contributed by atoms with Gasteiger partial charge in [-0.1, -0.05) is 0 Å². The molecule has 128 valence electrons. The highest BCUT2D eigenvalue weighted by atomic mass is 32.2. The summed E-state index contributed by atoms with van der Waals surface area (Å²) in [4.78, 5) is 16.1. The number of nitrogens with zero attached hydrogens (tertiary/aromatic N) is 1. The van der Waals surface area contributed by atoms with Crippen molar-refractivity contribution in [1.29, 1.82) is 0 Å². The third kappa shape index (κ3) is 3.06.